The molecule has 0 saturated heterocycles. The van der Waals surface area contributed by atoms with Gasteiger partial charge in [-0.25, -0.2) is 4.79 Å². The molecule has 1 atom stereocenters. The van der Waals surface area contributed by atoms with Gasteiger partial charge in [-0.1, -0.05) is 18.2 Å². The second kappa shape index (κ2) is 6.28. The Hall–Kier alpha value is -2.56. The van der Waals surface area contributed by atoms with Gasteiger partial charge in [0.1, 0.15) is 11.4 Å². The average Bonchev–Trinajstić information content (AvgIpc) is 2.95. The number of hydrogen-bond donors (Lipinski definition) is 0. The highest BCUT2D eigenvalue weighted by molar-refractivity contribution is 5.97. The van der Waals surface area contributed by atoms with Gasteiger partial charge in [-0.2, -0.15) is 0 Å². The second-order valence-corrected chi connectivity index (χ2v) is 5.75. The minimum Gasteiger partial charge on any atom is -0.493 e. The Labute approximate surface area is 134 Å². The number of carbonyl (C=O) groups is 2. The van der Waals surface area contributed by atoms with Crippen LogP contribution in [0.5, 0.6) is 5.75 Å². The van der Waals surface area contributed by atoms with Gasteiger partial charge in [0.05, 0.1) is 13.2 Å². The lowest BCUT2D eigenvalue weighted by molar-refractivity contribution is 0.0448. The number of hydrogen-bond acceptors (Lipinski definition) is 4. The van der Waals surface area contributed by atoms with E-state index in [2.05, 4.69) is 0 Å². The molecule has 1 aromatic carbocycles. The summed E-state index contributed by atoms with van der Waals surface area (Å²) in [5.74, 6) is 0.510. The van der Waals surface area contributed by atoms with Crippen LogP contribution < -0.4 is 4.74 Å². The first kappa shape index (κ1) is 15.3. The quantitative estimate of drug-likeness (QED) is 0.643. The highest BCUT2D eigenvalue weighted by Gasteiger charge is 2.23. The fourth-order valence-electron chi connectivity index (χ4n) is 2.80. The van der Waals surface area contributed by atoms with Gasteiger partial charge >= 0.3 is 5.97 Å². The van der Waals surface area contributed by atoms with Gasteiger partial charge in [0.15, 0.2) is 5.78 Å². The summed E-state index contributed by atoms with van der Waals surface area (Å²) in [6.45, 7) is 2.40. The number of esters is 1. The Morgan fingerprint density at radius 3 is 2.87 bits per heavy atom. The molecular weight excluding hydrogens is 294 g/mol. The number of para-hydroxylation sites is 1. The highest BCUT2D eigenvalue weighted by Crippen LogP contribution is 2.33. The number of nitrogens with zero attached hydrogens (tertiary/aromatic N) is 1. The topological polar surface area (TPSA) is 57.5 Å². The summed E-state index contributed by atoms with van der Waals surface area (Å²) in [6.07, 6.45) is 2.46. The van der Waals surface area contributed by atoms with Crippen molar-refractivity contribution in [3.63, 3.8) is 0 Å². The molecule has 0 bridgehead atoms. The van der Waals surface area contributed by atoms with Crippen LogP contribution in [-0.2, 0) is 11.8 Å². The maximum absolute atomic E-state index is 12.3. The third-order valence-electron chi connectivity index (χ3n) is 4.12. The molecule has 5 heteroatoms. The number of ether oxygens (including phenoxy) is 2. The minimum atomic E-state index is -0.413. The van der Waals surface area contributed by atoms with Crippen molar-refractivity contribution in [3.8, 4) is 5.75 Å². The van der Waals surface area contributed by atoms with Gasteiger partial charge in [-0.05, 0) is 25.5 Å². The summed E-state index contributed by atoms with van der Waals surface area (Å²) in [6, 6.07) is 9.39. The molecule has 5 nitrogen and oxygen atoms in total. The van der Waals surface area contributed by atoms with Gasteiger partial charge in [0, 0.05) is 30.3 Å². The Morgan fingerprint density at radius 1 is 1.35 bits per heavy atom. The lowest BCUT2D eigenvalue weighted by Crippen LogP contribution is -2.20. The number of aryl methyl sites for hydroxylation is 1. The van der Waals surface area contributed by atoms with Crippen molar-refractivity contribution in [2.45, 2.75) is 19.3 Å². The van der Waals surface area contributed by atoms with Crippen LogP contribution >= 0.6 is 0 Å². The molecule has 0 amide bonds. The van der Waals surface area contributed by atoms with E-state index in [-0.39, 0.29) is 11.7 Å². The molecule has 23 heavy (non-hydrogen) atoms. The lowest BCUT2D eigenvalue weighted by Gasteiger charge is -2.25. The van der Waals surface area contributed by atoms with Crippen LogP contribution in [0.15, 0.2) is 36.5 Å². The second-order valence-electron chi connectivity index (χ2n) is 5.75. The van der Waals surface area contributed by atoms with Crippen molar-refractivity contribution in [2.24, 2.45) is 7.05 Å². The molecule has 0 radical (unpaired) electrons. The number of Topliss-reactive ketones (excluding diaryl/α,β-unsaturated/α-hetero) is 1. The largest absolute Gasteiger partial charge is 0.493 e. The summed E-state index contributed by atoms with van der Waals surface area (Å²) in [7, 11) is 1.73. The molecule has 0 aliphatic carbocycles. The van der Waals surface area contributed by atoms with Crippen molar-refractivity contribution in [2.75, 3.05) is 13.2 Å². The smallest absolute Gasteiger partial charge is 0.354 e. The molecule has 3 rings (SSSR count). The minimum absolute atomic E-state index is 0.0713. The average molecular weight is 313 g/mol. The van der Waals surface area contributed by atoms with Crippen molar-refractivity contribution < 1.29 is 19.1 Å². The molecule has 120 valence electrons. The predicted molar refractivity (Wildman–Crippen MR) is 85.0 cm³/mol. The number of carbonyl (C=O) groups excluding carboxylic acids is 2. The molecule has 1 aromatic heterocycles. The van der Waals surface area contributed by atoms with Crippen molar-refractivity contribution in [1.29, 1.82) is 0 Å². The zero-order valence-corrected chi connectivity index (χ0v) is 13.2. The highest BCUT2D eigenvalue weighted by atomic mass is 16.5. The van der Waals surface area contributed by atoms with Crippen LogP contribution in [-0.4, -0.2) is 29.5 Å². The monoisotopic (exact) mass is 313 g/mol. The maximum Gasteiger partial charge on any atom is 0.354 e. The van der Waals surface area contributed by atoms with E-state index in [1.807, 2.05) is 24.3 Å². The summed E-state index contributed by atoms with van der Waals surface area (Å²) in [5.41, 5.74) is 1.97. The maximum atomic E-state index is 12.3. The fourth-order valence-corrected chi connectivity index (χ4v) is 2.80. The number of fused-ring (bicyclic) bond motifs is 1. The van der Waals surface area contributed by atoms with E-state index < -0.39 is 5.97 Å². The molecule has 0 fully saturated rings. The predicted octanol–water partition coefficient (Wildman–Crippen LogP) is 2.95. The molecule has 2 heterocycles. The lowest BCUT2D eigenvalue weighted by atomic mass is 9.94. The molecule has 0 spiro atoms. The normalized spacial score (nSPS) is 16.3. The van der Waals surface area contributed by atoms with Gasteiger partial charge in [0.2, 0.25) is 0 Å². The van der Waals surface area contributed by atoms with Crippen LogP contribution in [0.2, 0.25) is 0 Å². The van der Waals surface area contributed by atoms with Gasteiger partial charge in [0.25, 0.3) is 0 Å². The first-order chi connectivity index (χ1) is 11.1. The van der Waals surface area contributed by atoms with Gasteiger partial charge < -0.3 is 14.0 Å². The summed E-state index contributed by atoms with van der Waals surface area (Å²) in [5, 5.41) is 0. The molecule has 0 N–H and O–H groups in total. The molecule has 1 aliphatic rings. The first-order valence-electron chi connectivity index (χ1n) is 7.62. The van der Waals surface area contributed by atoms with E-state index in [9.17, 15) is 9.59 Å². The van der Waals surface area contributed by atoms with Gasteiger partial charge in [-0.15, -0.1) is 0 Å². The number of rotatable bonds is 4. The third-order valence-corrected chi connectivity index (χ3v) is 4.12. The van der Waals surface area contributed by atoms with Crippen LogP contribution in [0, 0.1) is 0 Å². The van der Waals surface area contributed by atoms with E-state index in [1.54, 1.807) is 23.9 Å². The van der Waals surface area contributed by atoms with Crippen molar-refractivity contribution >= 4 is 11.8 Å². The molecular formula is C18H19NO4. The van der Waals surface area contributed by atoms with E-state index in [0.717, 1.165) is 17.7 Å². The molecule has 1 aliphatic heterocycles. The van der Waals surface area contributed by atoms with Crippen LogP contribution in [0.25, 0.3) is 0 Å². The fraction of sp³-hybridized carbons (Fsp3) is 0.333. The van der Waals surface area contributed by atoms with Gasteiger partial charge in [-0.3, -0.25) is 4.79 Å². The van der Waals surface area contributed by atoms with E-state index in [4.69, 9.17) is 9.47 Å². The van der Waals surface area contributed by atoms with Crippen LogP contribution in [0.1, 0.15) is 45.7 Å². The van der Waals surface area contributed by atoms with Crippen molar-refractivity contribution in [3.05, 3.63) is 53.3 Å². The summed E-state index contributed by atoms with van der Waals surface area (Å²) < 4.78 is 12.7. The summed E-state index contributed by atoms with van der Waals surface area (Å²) >= 11 is 0. The number of benzene rings is 1. The van der Waals surface area contributed by atoms with E-state index >= 15 is 0 Å². The standard InChI is InChI=1S/C18H19NO4/c1-12(20)14-9-16(19(2)10-14)18(21)23-11-13-7-8-22-17-6-4-3-5-15(13)17/h3-6,9-10,13H,7-8,11H2,1-2H3. The number of ketones is 1. The first-order valence-corrected chi connectivity index (χ1v) is 7.62. The molecule has 0 saturated carbocycles. The zero-order valence-electron chi connectivity index (χ0n) is 13.2. The Morgan fingerprint density at radius 2 is 2.13 bits per heavy atom. The third kappa shape index (κ3) is 3.13. The van der Waals surface area contributed by atoms with E-state index in [0.29, 0.717) is 24.5 Å². The molecule has 2 aromatic rings. The Bertz CT molecular complexity index is 747. The number of aromatic nitrogens is 1. The molecule has 1 unspecified atom stereocenters. The van der Waals surface area contributed by atoms with Crippen molar-refractivity contribution in [1.82, 2.24) is 4.57 Å². The van der Waals surface area contributed by atoms with Crippen LogP contribution in [0.4, 0.5) is 0 Å². The van der Waals surface area contributed by atoms with E-state index in [1.165, 1.54) is 6.92 Å². The van der Waals surface area contributed by atoms with Crippen LogP contribution in [0.3, 0.4) is 0 Å². The Balaban J connectivity index is 1.69. The summed E-state index contributed by atoms with van der Waals surface area (Å²) in [4.78, 5) is 23.7. The zero-order chi connectivity index (χ0) is 16.4. The Kier molecular flexibility index (Phi) is 4.19. The SMILES string of the molecule is CC(=O)c1cc(C(=O)OCC2CCOc3ccccc32)n(C)c1.